The molecule has 24 heavy (non-hydrogen) atoms. The van der Waals surface area contributed by atoms with E-state index in [1.54, 1.807) is 12.3 Å². The van der Waals surface area contributed by atoms with Crippen molar-refractivity contribution in [2.45, 2.75) is 39.3 Å². The van der Waals surface area contributed by atoms with Crippen LogP contribution in [0, 0.1) is 0 Å². The molecule has 1 aliphatic rings. The second-order valence-corrected chi connectivity index (χ2v) is 6.18. The zero-order chi connectivity index (χ0) is 16.9. The van der Waals surface area contributed by atoms with Crippen LogP contribution >= 0.6 is 0 Å². The summed E-state index contributed by atoms with van der Waals surface area (Å²) in [6, 6.07) is 10.6. The Balaban J connectivity index is 1.71. The maximum absolute atomic E-state index is 12.4. The Bertz CT molecular complexity index is 733. The van der Waals surface area contributed by atoms with E-state index in [9.17, 15) is 4.79 Å². The van der Waals surface area contributed by atoms with E-state index < -0.39 is 0 Å². The monoisotopic (exact) mass is 324 g/mol. The highest BCUT2D eigenvalue weighted by molar-refractivity contribution is 5.95. The van der Waals surface area contributed by atoms with E-state index in [1.165, 1.54) is 11.3 Å². The van der Waals surface area contributed by atoms with Crippen LogP contribution in [0.1, 0.15) is 41.9 Å². The molecule has 1 aromatic carbocycles. The molecule has 2 heterocycles. The summed E-state index contributed by atoms with van der Waals surface area (Å²) < 4.78 is 5.62. The molecule has 4 nitrogen and oxygen atoms in total. The summed E-state index contributed by atoms with van der Waals surface area (Å²) in [4.78, 5) is 14.7. The van der Waals surface area contributed by atoms with Crippen molar-refractivity contribution in [1.29, 1.82) is 0 Å². The largest absolute Gasteiger partial charge is 0.467 e. The van der Waals surface area contributed by atoms with Crippen LogP contribution < -0.4 is 10.2 Å². The Morgan fingerprint density at radius 1 is 1.38 bits per heavy atom. The van der Waals surface area contributed by atoms with Gasteiger partial charge in [0.05, 0.1) is 18.4 Å². The van der Waals surface area contributed by atoms with E-state index in [-0.39, 0.29) is 5.91 Å². The molecule has 0 fully saturated rings. The summed E-state index contributed by atoms with van der Waals surface area (Å²) in [5.41, 5.74) is 3.22. The molecule has 0 saturated heterocycles. The third kappa shape index (κ3) is 3.37. The number of nitrogens with zero attached hydrogens (tertiary/aromatic N) is 1. The lowest BCUT2D eigenvalue weighted by atomic mass is 10.1. The number of furan rings is 1. The van der Waals surface area contributed by atoms with Crippen LogP contribution in [0.2, 0.25) is 0 Å². The van der Waals surface area contributed by atoms with Crippen molar-refractivity contribution in [3.8, 4) is 0 Å². The molecule has 0 saturated carbocycles. The van der Waals surface area contributed by atoms with E-state index in [0.717, 1.165) is 18.6 Å². The van der Waals surface area contributed by atoms with Crippen molar-refractivity contribution in [2.75, 3.05) is 11.4 Å². The van der Waals surface area contributed by atoms with Crippen LogP contribution in [0.5, 0.6) is 0 Å². The molecule has 1 aromatic heterocycles. The number of nitrogens with one attached hydrogen (secondary N) is 1. The molecule has 0 spiro atoms. The summed E-state index contributed by atoms with van der Waals surface area (Å²) in [7, 11) is 0. The second-order valence-electron chi connectivity index (χ2n) is 6.18. The minimum absolute atomic E-state index is 0.0663. The van der Waals surface area contributed by atoms with Crippen LogP contribution in [0.4, 0.5) is 5.69 Å². The molecule has 1 atom stereocenters. The first-order valence-corrected chi connectivity index (χ1v) is 8.51. The van der Waals surface area contributed by atoms with Gasteiger partial charge in [0.25, 0.3) is 5.91 Å². The van der Waals surface area contributed by atoms with Gasteiger partial charge in [-0.05, 0) is 44.4 Å². The predicted molar refractivity (Wildman–Crippen MR) is 96.3 cm³/mol. The van der Waals surface area contributed by atoms with Gasteiger partial charge in [0.1, 0.15) is 5.76 Å². The second kappa shape index (κ2) is 7.39. The lowest BCUT2D eigenvalue weighted by Gasteiger charge is -2.24. The summed E-state index contributed by atoms with van der Waals surface area (Å²) in [5.74, 6) is 0.658. The normalized spacial score (nSPS) is 16.6. The number of amides is 1. The molecule has 4 heteroatoms. The number of allylic oxidation sites excluding steroid dienone is 1. The smallest absolute Gasteiger partial charge is 0.254 e. The topological polar surface area (TPSA) is 45.5 Å². The first kappa shape index (κ1) is 16.4. The van der Waals surface area contributed by atoms with Gasteiger partial charge in [-0.25, -0.2) is 0 Å². The Morgan fingerprint density at radius 3 is 3.04 bits per heavy atom. The predicted octanol–water partition coefficient (Wildman–Crippen LogP) is 3.93. The third-order valence-corrected chi connectivity index (χ3v) is 4.48. The summed E-state index contributed by atoms with van der Waals surface area (Å²) >= 11 is 0. The Labute approximate surface area is 143 Å². The quantitative estimate of drug-likeness (QED) is 0.647. The third-order valence-electron chi connectivity index (χ3n) is 4.48. The fourth-order valence-corrected chi connectivity index (χ4v) is 3.22. The number of rotatable bonds is 6. The molecule has 0 bridgehead atoms. The van der Waals surface area contributed by atoms with Gasteiger partial charge >= 0.3 is 0 Å². The number of hydrogen-bond donors (Lipinski definition) is 1. The number of anilines is 1. The highest BCUT2D eigenvalue weighted by Crippen LogP contribution is 2.33. The van der Waals surface area contributed by atoms with Gasteiger partial charge in [-0.1, -0.05) is 30.4 Å². The molecule has 0 radical (unpaired) electrons. The van der Waals surface area contributed by atoms with E-state index in [1.807, 2.05) is 19.1 Å². The Kier molecular flexibility index (Phi) is 5.04. The first-order chi connectivity index (χ1) is 11.7. The minimum atomic E-state index is -0.0663. The van der Waals surface area contributed by atoms with Crippen molar-refractivity contribution in [3.05, 3.63) is 65.6 Å². The SMILES string of the molecule is C/C=C/CCNC(=O)c1ccoc1CN1c2ccccc2CC1C. The Hall–Kier alpha value is -2.49. The van der Waals surface area contributed by atoms with Gasteiger partial charge in [0, 0.05) is 18.3 Å². The zero-order valence-electron chi connectivity index (χ0n) is 14.3. The fourth-order valence-electron chi connectivity index (χ4n) is 3.22. The van der Waals surface area contributed by atoms with E-state index in [2.05, 4.69) is 41.4 Å². The molecule has 1 aliphatic heterocycles. The number of carbonyl (C=O) groups is 1. The molecule has 1 unspecified atom stereocenters. The standard InChI is InChI=1S/C20H24N2O2/c1-3-4-7-11-21-20(23)17-10-12-24-19(17)14-22-15(2)13-16-8-5-6-9-18(16)22/h3-6,8-10,12,15H,7,11,13-14H2,1-2H3,(H,21,23)/b4-3+. The molecular formula is C20H24N2O2. The molecule has 3 rings (SSSR count). The van der Waals surface area contributed by atoms with E-state index >= 15 is 0 Å². The van der Waals surface area contributed by atoms with Gasteiger partial charge in [0.15, 0.2) is 0 Å². The number of hydrogen-bond acceptors (Lipinski definition) is 3. The van der Waals surface area contributed by atoms with Crippen LogP contribution in [0.3, 0.4) is 0 Å². The zero-order valence-corrected chi connectivity index (χ0v) is 14.3. The molecule has 2 aromatic rings. The first-order valence-electron chi connectivity index (χ1n) is 8.51. The van der Waals surface area contributed by atoms with Crippen LogP contribution in [0.25, 0.3) is 0 Å². The highest BCUT2D eigenvalue weighted by atomic mass is 16.3. The Morgan fingerprint density at radius 2 is 2.21 bits per heavy atom. The summed E-state index contributed by atoms with van der Waals surface area (Å²) in [6.07, 6.45) is 7.50. The van der Waals surface area contributed by atoms with Crippen LogP contribution in [-0.4, -0.2) is 18.5 Å². The van der Waals surface area contributed by atoms with Crippen LogP contribution in [-0.2, 0) is 13.0 Å². The van der Waals surface area contributed by atoms with E-state index in [4.69, 9.17) is 4.42 Å². The minimum Gasteiger partial charge on any atom is -0.467 e. The molecule has 126 valence electrons. The van der Waals surface area contributed by atoms with Crippen LogP contribution in [0.15, 0.2) is 53.2 Å². The average Bonchev–Trinajstić information content (AvgIpc) is 3.17. The van der Waals surface area contributed by atoms with Crippen molar-refractivity contribution < 1.29 is 9.21 Å². The van der Waals surface area contributed by atoms with Crippen molar-refractivity contribution in [3.63, 3.8) is 0 Å². The van der Waals surface area contributed by atoms with E-state index in [0.29, 0.717) is 24.7 Å². The average molecular weight is 324 g/mol. The fraction of sp³-hybridized carbons (Fsp3) is 0.350. The molecular weight excluding hydrogens is 300 g/mol. The highest BCUT2D eigenvalue weighted by Gasteiger charge is 2.27. The van der Waals surface area contributed by atoms with Gasteiger partial charge in [-0.3, -0.25) is 4.79 Å². The number of fused-ring (bicyclic) bond motifs is 1. The van der Waals surface area contributed by atoms with Gasteiger partial charge < -0.3 is 14.6 Å². The maximum Gasteiger partial charge on any atom is 0.254 e. The number of carbonyl (C=O) groups excluding carboxylic acids is 1. The lowest BCUT2D eigenvalue weighted by molar-refractivity contribution is 0.0952. The summed E-state index contributed by atoms with van der Waals surface area (Å²) in [5, 5.41) is 2.95. The van der Waals surface area contributed by atoms with Crippen molar-refractivity contribution >= 4 is 11.6 Å². The number of benzene rings is 1. The van der Waals surface area contributed by atoms with Crippen molar-refractivity contribution in [2.24, 2.45) is 0 Å². The molecule has 0 aliphatic carbocycles. The molecule has 1 amide bonds. The lowest BCUT2D eigenvalue weighted by Crippen LogP contribution is -2.30. The maximum atomic E-state index is 12.4. The van der Waals surface area contributed by atoms with Gasteiger partial charge in [-0.15, -0.1) is 0 Å². The summed E-state index contributed by atoms with van der Waals surface area (Å²) in [6.45, 7) is 5.43. The number of para-hydroxylation sites is 1. The van der Waals surface area contributed by atoms with Crippen molar-refractivity contribution in [1.82, 2.24) is 5.32 Å². The van der Waals surface area contributed by atoms with Gasteiger partial charge in [0.2, 0.25) is 0 Å². The molecule has 1 N–H and O–H groups in total. The van der Waals surface area contributed by atoms with Gasteiger partial charge in [-0.2, -0.15) is 0 Å².